The fourth-order valence-electron chi connectivity index (χ4n) is 1.51. The smallest absolute Gasteiger partial charge is 0.132 e. The topological polar surface area (TPSA) is 55.0 Å². The van der Waals surface area contributed by atoms with E-state index in [9.17, 15) is 0 Å². The van der Waals surface area contributed by atoms with E-state index in [1.54, 1.807) is 0 Å². The van der Waals surface area contributed by atoms with Crippen LogP contribution in [-0.2, 0) is 6.54 Å². The van der Waals surface area contributed by atoms with Crippen LogP contribution in [0.15, 0.2) is 0 Å². The van der Waals surface area contributed by atoms with E-state index in [0.717, 1.165) is 23.8 Å². The van der Waals surface area contributed by atoms with Crippen LogP contribution in [0.3, 0.4) is 0 Å². The lowest BCUT2D eigenvalue weighted by atomic mass is 10.3. The zero-order valence-electron chi connectivity index (χ0n) is 8.14. The van der Waals surface area contributed by atoms with Gasteiger partial charge in [0.25, 0.3) is 0 Å². The van der Waals surface area contributed by atoms with E-state index in [1.807, 2.05) is 11.8 Å². The second-order valence-electron chi connectivity index (χ2n) is 3.48. The van der Waals surface area contributed by atoms with Gasteiger partial charge in [-0.25, -0.2) is 0 Å². The minimum absolute atomic E-state index is 0.620. The van der Waals surface area contributed by atoms with Crippen LogP contribution >= 0.6 is 23.3 Å². The molecule has 0 aliphatic carbocycles. The van der Waals surface area contributed by atoms with Crippen LogP contribution in [0.2, 0.25) is 0 Å². The van der Waals surface area contributed by atoms with Gasteiger partial charge in [0.2, 0.25) is 0 Å². The standard InChI is InChI=1S/C8H14N4S2/c1-6-5-13-3-2-12(6)4-7-8(9)14-11-10-7/h6H,2-5,9H2,1H3. The van der Waals surface area contributed by atoms with Crippen molar-refractivity contribution in [3.8, 4) is 0 Å². The van der Waals surface area contributed by atoms with Gasteiger partial charge in [0.05, 0.1) is 0 Å². The zero-order chi connectivity index (χ0) is 9.97. The number of anilines is 1. The first-order chi connectivity index (χ1) is 6.77. The molecule has 1 aliphatic rings. The zero-order valence-corrected chi connectivity index (χ0v) is 9.77. The van der Waals surface area contributed by atoms with Gasteiger partial charge < -0.3 is 5.73 Å². The second kappa shape index (κ2) is 4.46. The van der Waals surface area contributed by atoms with Crippen molar-refractivity contribution in [2.45, 2.75) is 19.5 Å². The largest absolute Gasteiger partial charge is 0.388 e. The van der Waals surface area contributed by atoms with Gasteiger partial charge in [0.15, 0.2) is 0 Å². The van der Waals surface area contributed by atoms with Crippen molar-refractivity contribution < 1.29 is 0 Å². The van der Waals surface area contributed by atoms with E-state index >= 15 is 0 Å². The Hall–Kier alpha value is -0.330. The van der Waals surface area contributed by atoms with Gasteiger partial charge in [-0.15, -0.1) is 5.10 Å². The van der Waals surface area contributed by atoms with Gasteiger partial charge in [0, 0.05) is 42.2 Å². The molecule has 0 aromatic carbocycles. The van der Waals surface area contributed by atoms with Crippen molar-refractivity contribution in [1.82, 2.24) is 14.5 Å². The molecule has 0 bridgehead atoms. The molecule has 6 heteroatoms. The lowest BCUT2D eigenvalue weighted by Crippen LogP contribution is -2.39. The third kappa shape index (κ3) is 2.18. The number of hydrogen-bond donors (Lipinski definition) is 1. The molecule has 1 aliphatic heterocycles. The van der Waals surface area contributed by atoms with Crippen LogP contribution in [0.25, 0.3) is 0 Å². The van der Waals surface area contributed by atoms with E-state index in [2.05, 4.69) is 21.4 Å². The predicted octanol–water partition coefficient (Wildman–Crippen LogP) is 1.06. The van der Waals surface area contributed by atoms with E-state index in [0.29, 0.717) is 6.04 Å². The van der Waals surface area contributed by atoms with Crippen LogP contribution in [0.1, 0.15) is 12.6 Å². The molecular formula is C8H14N4S2. The highest BCUT2D eigenvalue weighted by molar-refractivity contribution is 7.99. The van der Waals surface area contributed by atoms with Crippen LogP contribution in [0, 0.1) is 0 Å². The Morgan fingerprint density at radius 3 is 3.14 bits per heavy atom. The molecule has 1 fully saturated rings. The Labute approximate surface area is 92.0 Å². The molecule has 1 saturated heterocycles. The molecular weight excluding hydrogens is 216 g/mol. The number of rotatable bonds is 2. The average Bonchev–Trinajstić information content (AvgIpc) is 2.56. The lowest BCUT2D eigenvalue weighted by molar-refractivity contribution is 0.221. The number of nitrogens with zero attached hydrogens (tertiary/aromatic N) is 3. The maximum atomic E-state index is 5.76. The van der Waals surface area contributed by atoms with Crippen molar-refractivity contribution in [1.29, 1.82) is 0 Å². The number of thioether (sulfide) groups is 1. The number of nitrogen functional groups attached to an aromatic ring is 1. The fraction of sp³-hybridized carbons (Fsp3) is 0.750. The Bertz CT molecular complexity index is 301. The molecule has 2 rings (SSSR count). The summed E-state index contributed by atoms with van der Waals surface area (Å²) in [6, 6.07) is 0.620. The number of hydrogen-bond acceptors (Lipinski definition) is 6. The highest BCUT2D eigenvalue weighted by atomic mass is 32.2. The normalized spacial score (nSPS) is 23.9. The van der Waals surface area contributed by atoms with Crippen LogP contribution < -0.4 is 5.73 Å². The van der Waals surface area contributed by atoms with Gasteiger partial charge in [-0.2, -0.15) is 11.8 Å². The Kier molecular flexibility index (Phi) is 3.25. The van der Waals surface area contributed by atoms with Crippen molar-refractivity contribution in [3.63, 3.8) is 0 Å². The van der Waals surface area contributed by atoms with E-state index < -0.39 is 0 Å². The first-order valence-electron chi connectivity index (χ1n) is 4.66. The van der Waals surface area contributed by atoms with Gasteiger partial charge >= 0.3 is 0 Å². The molecule has 14 heavy (non-hydrogen) atoms. The number of aromatic nitrogens is 2. The highest BCUT2D eigenvalue weighted by Gasteiger charge is 2.20. The molecule has 4 nitrogen and oxygen atoms in total. The van der Waals surface area contributed by atoms with Gasteiger partial charge in [0.1, 0.15) is 10.7 Å². The summed E-state index contributed by atoms with van der Waals surface area (Å²) in [6.07, 6.45) is 0. The summed E-state index contributed by atoms with van der Waals surface area (Å²) >= 11 is 3.30. The summed E-state index contributed by atoms with van der Waals surface area (Å²) in [5, 5.41) is 4.80. The first kappa shape index (κ1) is 10.2. The second-order valence-corrected chi connectivity index (χ2v) is 5.41. The fourth-order valence-corrected chi connectivity index (χ4v) is 3.03. The Morgan fingerprint density at radius 1 is 1.64 bits per heavy atom. The van der Waals surface area contributed by atoms with Gasteiger partial charge in [-0.1, -0.05) is 4.49 Å². The summed E-state index contributed by atoms with van der Waals surface area (Å²) in [5.41, 5.74) is 6.70. The van der Waals surface area contributed by atoms with Gasteiger partial charge in [-0.3, -0.25) is 4.90 Å². The number of nitrogens with two attached hydrogens (primary N) is 1. The SMILES string of the molecule is CC1CSCCN1Cc1nnsc1N. The summed E-state index contributed by atoms with van der Waals surface area (Å²) < 4.78 is 3.85. The van der Waals surface area contributed by atoms with Crippen molar-refractivity contribution in [2.75, 3.05) is 23.8 Å². The van der Waals surface area contributed by atoms with Crippen LogP contribution in [0.4, 0.5) is 5.00 Å². The summed E-state index contributed by atoms with van der Waals surface area (Å²) in [4.78, 5) is 2.42. The minimum atomic E-state index is 0.620. The van der Waals surface area contributed by atoms with Crippen molar-refractivity contribution in [3.05, 3.63) is 5.69 Å². The van der Waals surface area contributed by atoms with Crippen molar-refractivity contribution >= 4 is 28.3 Å². The summed E-state index contributed by atoms with van der Waals surface area (Å²) in [7, 11) is 0. The molecule has 0 saturated carbocycles. The quantitative estimate of drug-likeness (QED) is 0.823. The van der Waals surface area contributed by atoms with Crippen molar-refractivity contribution in [2.24, 2.45) is 0 Å². The predicted molar refractivity (Wildman–Crippen MR) is 61.5 cm³/mol. The molecule has 0 radical (unpaired) electrons. The first-order valence-corrected chi connectivity index (χ1v) is 6.58. The molecule has 2 heterocycles. The molecule has 0 amide bonds. The van der Waals surface area contributed by atoms with E-state index in [-0.39, 0.29) is 0 Å². The molecule has 1 unspecified atom stereocenters. The molecule has 2 N–H and O–H groups in total. The van der Waals surface area contributed by atoms with E-state index in [1.165, 1.54) is 23.0 Å². The molecule has 1 aromatic heterocycles. The molecule has 1 atom stereocenters. The van der Waals surface area contributed by atoms with Crippen LogP contribution in [0.5, 0.6) is 0 Å². The molecule has 0 spiro atoms. The lowest BCUT2D eigenvalue weighted by Gasteiger charge is -2.32. The summed E-state index contributed by atoms with van der Waals surface area (Å²) in [5.74, 6) is 2.42. The van der Waals surface area contributed by atoms with E-state index in [4.69, 9.17) is 5.73 Å². The average molecular weight is 230 g/mol. The third-order valence-corrected chi connectivity index (χ3v) is 4.23. The monoisotopic (exact) mass is 230 g/mol. The highest BCUT2D eigenvalue weighted by Crippen LogP contribution is 2.21. The minimum Gasteiger partial charge on any atom is -0.388 e. The van der Waals surface area contributed by atoms with Gasteiger partial charge in [-0.05, 0) is 6.92 Å². The molecule has 78 valence electrons. The maximum Gasteiger partial charge on any atom is 0.132 e. The van der Waals surface area contributed by atoms with Crippen LogP contribution in [-0.4, -0.2) is 38.6 Å². The Balaban J connectivity index is 1.99. The third-order valence-electron chi connectivity index (χ3n) is 2.44. The summed E-state index contributed by atoms with van der Waals surface area (Å²) in [6.45, 7) is 4.23. The maximum absolute atomic E-state index is 5.76. The molecule has 1 aromatic rings. The Morgan fingerprint density at radius 2 is 2.50 bits per heavy atom.